The molecule has 0 amide bonds. The third kappa shape index (κ3) is 2.21. The monoisotopic (exact) mass is 228 g/mol. The van der Waals surface area contributed by atoms with E-state index in [2.05, 4.69) is 55.4 Å². The third-order valence-electron chi connectivity index (χ3n) is 4.16. The Morgan fingerprint density at radius 3 is 2.24 bits per heavy atom. The van der Waals surface area contributed by atoms with E-state index < -0.39 is 0 Å². The molecule has 0 aliphatic heterocycles. The first-order valence-corrected chi connectivity index (χ1v) is 6.31. The van der Waals surface area contributed by atoms with Gasteiger partial charge in [0.25, 0.3) is 0 Å². The van der Waals surface area contributed by atoms with Gasteiger partial charge in [0.1, 0.15) is 0 Å². The van der Waals surface area contributed by atoms with Crippen LogP contribution in [0, 0.1) is 17.2 Å². The topological polar surface area (TPSA) is 27.0 Å². The normalized spacial score (nSPS) is 28.9. The quantitative estimate of drug-likeness (QED) is 0.777. The van der Waals surface area contributed by atoms with Gasteiger partial charge in [-0.15, -0.1) is 0 Å². The molecule has 0 heterocycles. The third-order valence-corrected chi connectivity index (χ3v) is 4.16. The van der Waals surface area contributed by atoms with Crippen LogP contribution in [0.15, 0.2) is 30.3 Å². The van der Waals surface area contributed by atoms with E-state index in [0.29, 0.717) is 0 Å². The van der Waals surface area contributed by atoms with Crippen LogP contribution >= 0.6 is 0 Å². The highest BCUT2D eigenvalue weighted by Crippen LogP contribution is 2.42. The number of nitriles is 1. The lowest BCUT2D eigenvalue weighted by Gasteiger charge is -2.44. The lowest BCUT2D eigenvalue weighted by molar-refractivity contribution is 0.0874. The second kappa shape index (κ2) is 4.89. The summed E-state index contributed by atoms with van der Waals surface area (Å²) < 4.78 is 0. The molecule has 90 valence electrons. The van der Waals surface area contributed by atoms with Gasteiger partial charge in [-0.25, -0.2) is 0 Å². The summed E-state index contributed by atoms with van der Waals surface area (Å²) in [5, 5.41) is 9.01. The summed E-state index contributed by atoms with van der Waals surface area (Å²) in [6.45, 7) is 0. The van der Waals surface area contributed by atoms with Gasteiger partial charge in [0.05, 0.1) is 6.07 Å². The maximum absolute atomic E-state index is 9.01. The van der Waals surface area contributed by atoms with E-state index in [-0.39, 0.29) is 11.5 Å². The van der Waals surface area contributed by atoms with Gasteiger partial charge in [-0.1, -0.05) is 30.3 Å². The highest BCUT2D eigenvalue weighted by molar-refractivity contribution is 5.25. The van der Waals surface area contributed by atoms with Gasteiger partial charge in [-0.05, 0) is 45.3 Å². The van der Waals surface area contributed by atoms with E-state index >= 15 is 0 Å². The van der Waals surface area contributed by atoms with Crippen LogP contribution in [0.5, 0.6) is 0 Å². The fourth-order valence-corrected chi connectivity index (χ4v) is 2.97. The maximum atomic E-state index is 9.01. The predicted octanol–water partition coefficient (Wildman–Crippen LogP) is 3.16. The molecule has 2 rings (SSSR count). The molecular weight excluding hydrogens is 208 g/mol. The molecule has 1 saturated carbocycles. The number of hydrogen-bond acceptors (Lipinski definition) is 2. The van der Waals surface area contributed by atoms with Crippen molar-refractivity contribution < 1.29 is 0 Å². The summed E-state index contributed by atoms with van der Waals surface area (Å²) in [7, 11) is 4.30. The first kappa shape index (κ1) is 12.1. The fraction of sp³-hybridized carbons (Fsp3) is 0.533. The molecule has 0 unspecified atom stereocenters. The Balaban J connectivity index is 2.27. The van der Waals surface area contributed by atoms with Crippen LogP contribution in [-0.2, 0) is 5.54 Å². The number of benzene rings is 1. The summed E-state index contributed by atoms with van der Waals surface area (Å²) in [6, 6.07) is 13.1. The molecule has 0 radical (unpaired) electrons. The van der Waals surface area contributed by atoms with Crippen molar-refractivity contribution in [3.05, 3.63) is 35.9 Å². The molecular formula is C15H20N2. The summed E-state index contributed by atoms with van der Waals surface area (Å²) in [4.78, 5) is 2.33. The van der Waals surface area contributed by atoms with Crippen LogP contribution in [0.2, 0.25) is 0 Å². The summed E-state index contributed by atoms with van der Waals surface area (Å²) in [5.41, 5.74) is 1.52. The van der Waals surface area contributed by atoms with E-state index in [1.807, 2.05) is 0 Å². The molecule has 1 aromatic rings. The van der Waals surface area contributed by atoms with Gasteiger partial charge in [0.15, 0.2) is 0 Å². The molecule has 1 aliphatic rings. The molecule has 0 N–H and O–H groups in total. The van der Waals surface area contributed by atoms with E-state index in [1.165, 1.54) is 5.56 Å². The van der Waals surface area contributed by atoms with Crippen molar-refractivity contribution in [3.8, 4) is 6.07 Å². The Kier molecular flexibility index (Phi) is 3.49. The molecule has 1 aliphatic carbocycles. The van der Waals surface area contributed by atoms with E-state index in [0.717, 1.165) is 25.7 Å². The van der Waals surface area contributed by atoms with Gasteiger partial charge in [-0.2, -0.15) is 5.26 Å². The van der Waals surface area contributed by atoms with Crippen LogP contribution in [-0.4, -0.2) is 19.0 Å². The Morgan fingerprint density at radius 2 is 1.76 bits per heavy atom. The van der Waals surface area contributed by atoms with Crippen LogP contribution in [0.1, 0.15) is 31.2 Å². The summed E-state index contributed by atoms with van der Waals surface area (Å²) in [5.74, 6) is 0.256. The molecule has 0 atom stereocenters. The van der Waals surface area contributed by atoms with Crippen LogP contribution in [0.4, 0.5) is 0 Å². The lowest BCUT2D eigenvalue weighted by atomic mass is 9.72. The molecule has 0 bridgehead atoms. The minimum absolute atomic E-state index is 0.134. The smallest absolute Gasteiger partial charge is 0.0655 e. The maximum Gasteiger partial charge on any atom is 0.0655 e. The zero-order chi connectivity index (χ0) is 12.3. The zero-order valence-corrected chi connectivity index (χ0v) is 10.7. The van der Waals surface area contributed by atoms with Gasteiger partial charge < -0.3 is 0 Å². The average molecular weight is 228 g/mol. The molecule has 2 heteroatoms. The molecule has 17 heavy (non-hydrogen) atoms. The number of rotatable bonds is 2. The molecule has 1 fully saturated rings. The van der Waals surface area contributed by atoms with Crippen molar-refractivity contribution in [2.24, 2.45) is 5.92 Å². The fourth-order valence-electron chi connectivity index (χ4n) is 2.97. The van der Waals surface area contributed by atoms with E-state index in [4.69, 9.17) is 5.26 Å². The largest absolute Gasteiger partial charge is 0.300 e. The Bertz CT molecular complexity index is 395. The average Bonchev–Trinajstić information content (AvgIpc) is 2.39. The van der Waals surface area contributed by atoms with Crippen molar-refractivity contribution in [3.63, 3.8) is 0 Å². The van der Waals surface area contributed by atoms with Crippen LogP contribution in [0.25, 0.3) is 0 Å². The Labute approximate surface area is 104 Å². The Hall–Kier alpha value is -1.33. The van der Waals surface area contributed by atoms with Crippen molar-refractivity contribution in [1.29, 1.82) is 5.26 Å². The van der Waals surface area contributed by atoms with Crippen molar-refractivity contribution >= 4 is 0 Å². The SMILES string of the molecule is CN(C)C1(c2ccccc2)CCC(C#N)CC1. The number of nitrogens with zero attached hydrogens (tertiary/aromatic N) is 2. The van der Waals surface area contributed by atoms with Crippen molar-refractivity contribution in [1.82, 2.24) is 4.90 Å². The molecule has 1 aromatic carbocycles. The molecule has 0 aromatic heterocycles. The zero-order valence-electron chi connectivity index (χ0n) is 10.7. The lowest BCUT2D eigenvalue weighted by Crippen LogP contribution is -2.44. The van der Waals surface area contributed by atoms with Gasteiger partial charge in [0.2, 0.25) is 0 Å². The second-order valence-electron chi connectivity index (χ2n) is 5.20. The van der Waals surface area contributed by atoms with Gasteiger partial charge in [0, 0.05) is 11.5 Å². The van der Waals surface area contributed by atoms with Crippen LogP contribution in [0.3, 0.4) is 0 Å². The molecule has 2 nitrogen and oxygen atoms in total. The number of hydrogen-bond donors (Lipinski definition) is 0. The highest BCUT2D eigenvalue weighted by atomic mass is 15.1. The first-order chi connectivity index (χ1) is 8.19. The summed E-state index contributed by atoms with van der Waals surface area (Å²) in [6.07, 6.45) is 4.21. The van der Waals surface area contributed by atoms with Crippen molar-refractivity contribution in [2.75, 3.05) is 14.1 Å². The van der Waals surface area contributed by atoms with E-state index in [9.17, 15) is 0 Å². The highest BCUT2D eigenvalue weighted by Gasteiger charge is 2.38. The van der Waals surface area contributed by atoms with E-state index in [1.54, 1.807) is 0 Å². The first-order valence-electron chi connectivity index (χ1n) is 6.31. The Morgan fingerprint density at radius 1 is 1.18 bits per heavy atom. The van der Waals surface area contributed by atoms with Crippen LogP contribution < -0.4 is 0 Å². The van der Waals surface area contributed by atoms with Gasteiger partial charge >= 0.3 is 0 Å². The second-order valence-corrected chi connectivity index (χ2v) is 5.20. The molecule has 0 spiro atoms. The standard InChI is InChI=1S/C15H20N2/c1-17(2)15(14-6-4-3-5-7-14)10-8-13(12-16)9-11-15/h3-7,13H,8-11H2,1-2H3. The predicted molar refractivity (Wildman–Crippen MR) is 69.4 cm³/mol. The van der Waals surface area contributed by atoms with Gasteiger partial charge in [-0.3, -0.25) is 4.90 Å². The summed E-state index contributed by atoms with van der Waals surface area (Å²) >= 11 is 0. The minimum atomic E-state index is 0.134. The molecule has 0 saturated heterocycles. The van der Waals surface area contributed by atoms with Crippen molar-refractivity contribution in [2.45, 2.75) is 31.2 Å². The minimum Gasteiger partial charge on any atom is -0.300 e.